The van der Waals surface area contributed by atoms with E-state index >= 15 is 0 Å². The first-order valence-electron chi connectivity index (χ1n) is 19.3. The molecule has 3 aliphatic rings. The highest BCUT2D eigenvalue weighted by molar-refractivity contribution is 6.27. The molecule has 0 fully saturated rings. The van der Waals surface area contributed by atoms with E-state index in [1.54, 1.807) is 13.8 Å². The van der Waals surface area contributed by atoms with Crippen LogP contribution < -0.4 is 21.3 Å². The molecule has 4 atom stereocenters. The molecule has 0 unspecified atom stereocenters. The first-order chi connectivity index (χ1) is 29.8. The zero-order chi connectivity index (χ0) is 45.5. The van der Waals surface area contributed by atoms with Crippen molar-refractivity contribution in [2.45, 2.75) is 50.0 Å². The van der Waals surface area contributed by atoms with Gasteiger partial charge in [-0.15, -0.1) is 0 Å². The lowest BCUT2D eigenvalue weighted by Gasteiger charge is -2.30. The van der Waals surface area contributed by atoms with E-state index in [-0.39, 0.29) is 74.7 Å². The van der Waals surface area contributed by atoms with Crippen LogP contribution in [0, 0.1) is 0 Å². The van der Waals surface area contributed by atoms with Crippen LogP contribution in [0.3, 0.4) is 0 Å². The van der Waals surface area contributed by atoms with Crippen LogP contribution in [0.4, 0.5) is 22.7 Å². The van der Waals surface area contributed by atoms with Crippen LogP contribution in [0.25, 0.3) is 0 Å². The number of phenolic OH excluding ortho intramolecular Hbond substituents is 3. The van der Waals surface area contributed by atoms with Gasteiger partial charge in [0.1, 0.15) is 17.2 Å². The lowest BCUT2D eigenvalue weighted by molar-refractivity contribution is -0.130. The smallest absolute Gasteiger partial charge is 0.337 e. The fourth-order valence-corrected chi connectivity index (χ4v) is 8.00. The molecule has 2 amide bonds. The van der Waals surface area contributed by atoms with Crippen molar-refractivity contribution in [3.63, 3.8) is 0 Å². The minimum Gasteiger partial charge on any atom is -0.508 e. The topological polar surface area (TPSA) is 292 Å². The Hall–Kier alpha value is -8.02. The molecule has 63 heavy (non-hydrogen) atoms. The van der Waals surface area contributed by atoms with Crippen molar-refractivity contribution in [3.05, 3.63) is 148 Å². The van der Waals surface area contributed by atoms with Gasteiger partial charge in [0.2, 0.25) is 11.1 Å². The number of phenols is 3. The number of aromatic carboxylic acids is 2. The van der Waals surface area contributed by atoms with Crippen LogP contribution >= 0.6 is 0 Å². The predicted octanol–water partition coefficient (Wildman–Crippen LogP) is 5.42. The third kappa shape index (κ3) is 7.77. The zero-order valence-electron chi connectivity index (χ0n) is 33.5. The van der Waals surface area contributed by atoms with E-state index in [4.69, 9.17) is 0 Å². The molecule has 2 aliphatic heterocycles. The molecule has 17 nitrogen and oxygen atoms in total. The number of aliphatic hydroxyl groups excluding tert-OH is 2. The average molecular weight is 857 g/mol. The highest BCUT2D eigenvalue weighted by Gasteiger charge is 2.56. The molecule has 0 aromatic heterocycles. The molecule has 322 valence electrons. The molecule has 0 saturated carbocycles. The molecule has 0 bridgehead atoms. The van der Waals surface area contributed by atoms with Crippen molar-refractivity contribution in [2.75, 3.05) is 21.3 Å². The number of hydrogen-bond acceptors (Lipinski definition) is 13. The van der Waals surface area contributed by atoms with Gasteiger partial charge >= 0.3 is 11.9 Å². The lowest BCUT2D eigenvalue weighted by Crippen LogP contribution is -2.49. The number of carbonyl (C=O) groups is 6. The van der Waals surface area contributed by atoms with Gasteiger partial charge in [0.25, 0.3) is 11.8 Å². The van der Waals surface area contributed by atoms with E-state index < -0.39 is 70.1 Å². The fourth-order valence-electron chi connectivity index (χ4n) is 8.00. The lowest BCUT2D eigenvalue weighted by atomic mass is 9.80. The predicted molar refractivity (Wildman–Crippen MR) is 228 cm³/mol. The van der Waals surface area contributed by atoms with Crippen molar-refractivity contribution in [2.24, 2.45) is 0 Å². The summed E-state index contributed by atoms with van der Waals surface area (Å²) in [5.41, 5.74) is -5.57. The maximum atomic E-state index is 14.6. The van der Waals surface area contributed by atoms with Gasteiger partial charge in [-0.3, -0.25) is 19.2 Å². The summed E-state index contributed by atoms with van der Waals surface area (Å²) in [5.74, 6) is -7.81. The van der Waals surface area contributed by atoms with Crippen molar-refractivity contribution < 1.29 is 64.5 Å². The SMILES string of the molecule is CC1=C/C[C@H](O)c2cc(O)cc3c2[C@@](Nc2cc(O)cc(C(=O)O)c2)(C(=O)/C=C\C(C)=C/C[C@H](O)c2cc(O)cc4c2[C@](Nc2ccccc2C(=O)O)(C(=O)/C=C\1)C(=O)N4)C(=O)N3. The maximum Gasteiger partial charge on any atom is 0.337 e. The molecule has 2 heterocycles. The molecule has 7 rings (SSSR count). The molecule has 1 aliphatic carbocycles. The van der Waals surface area contributed by atoms with Gasteiger partial charge in [-0.25, -0.2) is 9.59 Å². The molecular weight excluding hydrogens is 817 g/mol. The summed E-state index contributed by atoms with van der Waals surface area (Å²) < 4.78 is 0. The van der Waals surface area contributed by atoms with Crippen molar-refractivity contribution in [1.82, 2.24) is 0 Å². The molecule has 11 N–H and O–H groups in total. The van der Waals surface area contributed by atoms with E-state index in [0.29, 0.717) is 11.1 Å². The van der Waals surface area contributed by atoms with Crippen LogP contribution in [0.5, 0.6) is 17.2 Å². The van der Waals surface area contributed by atoms with Crippen molar-refractivity contribution >= 4 is 58.1 Å². The number of rotatable bonds is 6. The van der Waals surface area contributed by atoms with Gasteiger partial charge in [0.15, 0.2) is 11.6 Å². The van der Waals surface area contributed by atoms with Gasteiger partial charge in [0, 0.05) is 35.0 Å². The molecule has 4 aromatic rings. The highest BCUT2D eigenvalue weighted by atomic mass is 16.4. The van der Waals surface area contributed by atoms with Crippen molar-refractivity contribution in [1.29, 1.82) is 0 Å². The monoisotopic (exact) mass is 856 g/mol. The van der Waals surface area contributed by atoms with E-state index in [9.17, 15) is 64.5 Å². The first-order valence-corrected chi connectivity index (χ1v) is 19.3. The Bertz CT molecular complexity index is 2790. The summed E-state index contributed by atoms with van der Waals surface area (Å²) in [6.45, 7) is 3.12. The Morgan fingerprint density at radius 2 is 1.10 bits per heavy atom. The van der Waals surface area contributed by atoms with E-state index in [1.807, 2.05) is 0 Å². The number of para-hydroxylation sites is 1. The second kappa shape index (κ2) is 16.4. The Morgan fingerprint density at radius 3 is 1.59 bits per heavy atom. The molecule has 0 spiro atoms. The number of nitrogens with one attached hydrogen (secondary N) is 4. The Balaban J connectivity index is 1.41. The number of hydrogen-bond donors (Lipinski definition) is 11. The van der Waals surface area contributed by atoms with E-state index in [2.05, 4.69) is 21.3 Å². The van der Waals surface area contributed by atoms with Gasteiger partial charge in [-0.2, -0.15) is 0 Å². The summed E-state index contributed by atoms with van der Waals surface area (Å²) in [5, 5.41) is 86.0. The number of benzene rings is 4. The summed E-state index contributed by atoms with van der Waals surface area (Å²) >= 11 is 0. The number of carboxylic acids is 2. The number of aromatic hydroxyl groups is 3. The fraction of sp³-hybridized carbons (Fsp3) is 0.174. The quantitative estimate of drug-likeness (QED) is 0.108. The van der Waals surface area contributed by atoms with Gasteiger partial charge in [-0.1, -0.05) is 47.6 Å². The number of allylic oxidation sites excluding steroid dienone is 4. The van der Waals surface area contributed by atoms with Gasteiger partial charge in [0.05, 0.1) is 40.4 Å². The van der Waals surface area contributed by atoms with Crippen LogP contribution in [-0.2, 0) is 30.3 Å². The van der Waals surface area contributed by atoms with Crippen LogP contribution in [-0.4, -0.2) is 71.1 Å². The average Bonchev–Trinajstić information content (AvgIpc) is 3.67. The number of anilines is 4. The number of aliphatic hydroxyl groups is 2. The zero-order valence-corrected chi connectivity index (χ0v) is 33.5. The van der Waals surface area contributed by atoms with Crippen LogP contribution in [0.2, 0.25) is 0 Å². The van der Waals surface area contributed by atoms with Gasteiger partial charge < -0.3 is 57.0 Å². The highest BCUT2D eigenvalue weighted by Crippen LogP contribution is 2.48. The molecular formula is C46H40N4O13. The summed E-state index contributed by atoms with van der Waals surface area (Å²) in [6, 6.07) is 13.4. The van der Waals surface area contributed by atoms with E-state index in [1.165, 1.54) is 60.7 Å². The minimum absolute atomic E-state index is 0.0454. The Labute approximate surface area is 358 Å². The number of carbonyl (C=O) groups excluding carboxylic acids is 4. The Kier molecular flexibility index (Phi) is 11.2. The maximum absolute atomic E-state index is 14.6. The van der Waals surface area contributed by atoms with Crippen LogP contribution in [0.15, 0.2) is 114 Å². The second-order valence-electron chi connectivity index (χ2n) is 15.3. The summed E-state index contributed by atoms with van der Waals surface area (Å²) in [4.78, 5) is 81.8. The Morgan fingerprint density at radius 1 is 0.619 bits per heavy atom. The number of carboxylic acid groups (broad SMARTS) is 2. The third-order valence-electron chi connectivity index (χ3n) is 11.0. The first kappa shape index (κ1) is 43.1. The second-order valence-corrected chi connectivity index (χ2v) is 15.3. The summed E-state index contributed by atoms with van der Waals surface area (Å²) in [7, 11) is 0. The molecule has 0 radical (unpaired) electrons. The summed E-state index contributed by atoms with van der Waals surface area (Å²) in [6.07, 6.45) is 4.14. The van der Waals surface area contributed by atoms with Gasteiger partial charge in [-0.05, 0) is 86.4 Å². The van der Waals surface area contributed by atoms with Crippen LogP contribution in [0.1, 0.15) is 81.9 Å². The molecule has 4 aromatic carbocycles. The molecule has 17 heteroatoms. The van der Waals surface area contributed by atoms with E-state index in [0.717, 1.165) is 42.5 Å². The van der Waals surface area contributed by atoms with Crippen molar-refractivity contribution in [3.8, 4) is 17.2 Å². The number of ketones is 2. The standard InChI is InChI=1S/C46H40N4O13/c1-22-8-12-36(55)31-19-28(53)21-34-40(31)46(44(63)48-34,50-32-6-4-3-5-29(32)42(60)61)38(57)14-10-23(2)7-11-35(54)30-18-27(52)20-33-39(30)45(43(62)47-33,37(56)13-9-22)49-25-15-24(41(58)59)16-26(51)17-25/h3-10,13-21,35-36,49-55H,11-12H2,1-2H3,(H,47,62)(H,48,63)(H,58,59)(H,60,61)/b13-9-,14-10-,22-8-,23-7-/t35-,36-,45-,46+/m0/s1. The normalized spacial score (nSPS) is 24.9. The number of amides is 2. The molecule has 0 saturated heterocycles. The largest absolute Gasteiger partial charge is 0.508 e. The minimum atomic E-state index is -2.43. The third-order valence-corrected chi connectivity index (χ3v) is 11.0.